The van der Waals surface area contributed by atoms with Gasteiger partial charge in [0.2, 0.25) is 0 Å². The van der Waals surface area contributed by atoms with Crippen molar-refractivity contribution in [3.63, 3.8) is 0 Å². The van der Waals surface area contributed by atoms with E-state index in [0.717, 1.165) is 26.9 Å². The quantitative estimate of drug-likeness (QED) is 0.864. The van der Waals surface area contributed by atoms with Crippen LogP contribution in [0.1, 0.15) is 16.8 Å². The molecule has 1 aromatic heterocycles. The van der Waals surface area contributed by atoms with Crippen LogP contribution in [0.3, 0.4) is 0 Å². The molecule has 0 aliphatic heterocycles. The molecule has 0 aliphatic rings. The van der Waals surface area contributed by atoms with E-state index in [1.54, 1.807) is 29.2 Å². The number of thiazole rings is 1. The summed E-state index contributed by atoms with van der Waals surface area (Å²) in [6.45, 7) is 2.34. The molecule has 0 saturated heterocycles. The molecule has 1 aromatic carbocycles. The molecule has 2 aromatic rings. The molecule has 0 aliphatic carbocycles. The van der Waals surface area contributed by atoms with Crippen molar-refractivity contribution in [3.05, 3.63) is 46.2 Å². The van der Waals surface area contributed by atoms with Gasteiger partial charge in [-0.1, -0.05) is 17.8 Å². The van der Waals surface area contributed by atoms with Crippen molar-refractivity contribution in [1.29, 1.82) is 0 Å². The van der Waals surface area contributed by atoms with Crippen LogP contribution in [0.25, 0.3) is 0 Å². The SMILES string of the molecule is Cc1csc(SCc2ccc(F)cc2CN)n1. The summed E-state index contributed by atoms with van der Waals surface area (Å²) in [5.74, 6) is 0.545. The maximum atomic E-state index is 13.0. The first-order valence-electron chi connectivity index (χ1n) is 5.21. The second kappa shape index (κ2) is 5.62. The normalized spacial score (nSPS) is 10.8. The first-order chi connectivity index (χ1) is 8.19. The number of aryl methyl sites for hydroxylation is 1. The van der Waals surface area contributed by atoms with Gasteiger partial charge in [-0.05, 0) is 30.2 Å². The smallest absolute Gasteiger partial charge is 0.150 e. The van der Waals surface area contributed by atoms with Crippen LogP contribution in [0.2, 0.25) is 0 Å². The van der Waals surface area contributed by atoms with Gasteiger partial charge < -0.3 is 5.73 Å². The van der Waals surface area contributed by atoms with Crippen LogP contribution in [0.15, 0.2) is 27.9 Å². The number of hydrogen-bond acceptors (Lipinski definition) is 4. The van der Waals surface area contributed by atoms with Gasteiger partial charge in [0.05, 0.1) is 0 Å². The van der Waals surface area contributed by atoms with E-state index >= 15 is 0 Å². The van der Waals surface area contributed by atoms with E-state index in [4.69, 9.17) is 5.73 Å². The molecule has 0 spiro atoms. The lowest BCUT2D eigenvalue weighted by molar-refractivity contribution is 0.624. The zero-order chi connectivity index (χ0) is 12.3. The van der Waals surface area contributed by atoms with Crippen LogP contribution in [-0.4, -0.2) is 4.98 Å². The predicted octanol–water partition coefficient (Wildman–Crippen LogP) is 3.34. The van der Waals surface area contributed by atoms with E-state index in [2.05, 4.69) is 4.98 Å². The summed E-state index contributed by atoms with van der Waals surface area (Å²) >= 11 is 3.29. The topological polar surface area (TPSA) is 38.9 Å². The van der Waals surface area contributed by atoms with Crippen molar-refractivity contribution in [3.8, 4) is 0 Å². The van der Waals surface area contributed by atoms with Gasteiger partial charge in [0.1, 0.15) is 10.2 Å². The summed E-state index contributed by atoms with van der Waals surface area (Å²) < 4.78 is 14.1. The predicted molar refractivity (Wildman–Crippen MR) is 70.7 cm³/mol. The second-order valence-corrected chi connectivity index (χ2v) is 5.74. The number of hydrogen-bond donors (Lipinski definition) is 1. The minimum atomic E-state index is -0.232. The molecule has 2 nitrogen and oxygen atoms in total. The lowest BCUT2D eigenvalue weighted by Gasteiger charge is -2.06. The largest absolute Gasteiger partial charge is 0.326 e. The minimum Gasteiger partial charge on any atom is -0.326 e. The molecular weight excluding hydrogens is 255 g/mol. The fourth-order valence-corrected chi connectivity index (χ4v) is 3.35. The third-order valence-corrected chi connectivity index (χ3v) is 4.53. The highest BCUT2D eigenvalue weighted by atomic mass is 32.2. The molecular formula is C12H13FN2S2. The summed E-state index contributed by atoms with van der Waals surface area (Å²) in [6, 6.07) is 4.77. The van der Waals surface area contributed by atoms with Crippen molar-refractivity contribution in [2.75, 3.05) is 0 Å². The van der Waals surface area contributed by atoms with Crippen LogP contribution in [0, 0.1) is 12.7 Å². The maximum Gasteiger partial charge on any atom is 0.150 e. The Hall–Kier alpha value is -0.910. The highest BCUT2D eigenvalue weighted by Crippen LogP contribution is 2.27. The zero-order valence-corrected chi connectivity index (χ0v) is 11.1. The molecule has 90 valence electrons. The number of aromatic nitrogens is 1. The number of benzene rings is 1. The Balaban J connectivity index is 2.08. The monoisotopic (exact) mass is 268 g/mol. The molecule has 1 heterocycles. The van der Waals surface area contributed by atoms with E-state index in [0.29, 0.717) is 6.54 Å². The van der Waals surface area contributed by atoms with Crippen molar-refractivity contribution in [2.45, 2.75) is 23.6 Å². The van der Waals surface area contributed by atoms with Gasteiger partial charge in [-0.15, -0.1) is 11.3 Å². The van der Waals surface area contributed by atoms with E-state index in [1.165, 1.54) is 12.1 Å². The van der Waals surface area contributed by atoms with Crippen LogP contribution in [0.5, 0.6) is 0 Å². The highest BCUT2D eigenvalue weighted by molar-refractivity contribution is 8.00. The van der Waals surface area contributed by atoms with Gasteiger partial charge in [-0.3, -0.25) is 0 Å². The molecule has 0 unspecified atom stereocenters. The van der Waals surface area contributed by atoms with Crippen molar-refractivity contribution >= 4 is 23.1 Å². The van der Waals surface area contributed by atoms with E-state index in [9.17, 15) is 4.39 Å². The number of rotatable bonds is 4. The molecule has 0 fully saturated rings. The molecule has 2 N–H and O–H groups in total. The molecule has 0 saturated carbocycles. The van der Waals surface area contributed by atoms with Crippen molar-refractivity contribution in [1.82, 2.24) is 4.98 Å². The zero-order valence-electron chi connectivity index (χ0n) is 9.44. The molecule has 0 radical (unpaired) electrons. The molecule has 0 atom stereocenters. The molecule has 0 amide bonds. The third kappa shape index (κ3) is 3.28. The number of halogens is 1. The Kier molecular flexibility index (Phi) is 4.15. The Morgan fingerprint density at radius 1 is 1.41 bits per heavy atom. The molecule has 0 bridgehead atoms. The van der Waals surface area contributed by atoms with Crippen LogP contribution < -0.4 is 5.73 Å². The summed E-state index contributed by atoms with van der Waals surface area (Å²) in [5.41, 5.74) is 8.58. The van der Waals surface area contributed by atoms with Gasteiger partial charge in [0, 0.05) is 23.4 Å². The molecule has 2 rings (SSSR count). The average Bonchev–Trinajstić information content (AvgIpc) is 2.73. The van der Waals surface area contributed by atoms with Gasteiger partial charge in [0.25, 0.3) is 0 Å². The molecule has 17 heavy (non-hydrogen) atoms. The Morgan fingerprint density at radius 3 is 2.88 bits per heavy atom. The van der Waals surface area contributed by atoms with Gasteiger partial charge in [-0.25, -0.2) is 9.37 Å². The summed E-state index contributed by atoms with van der Waals surface area (Å²) in [6.07, 6.45) is 0. The van der Waals surface area contributed by atoms with Crippen LogP contribution >= 0.6 is 23.1 Å². The van der Waals surface area contributed by atoms with E-state index < -0.39 is 0 Å². The number of thioether (sulfide) groups is 1. The van der Waals surface area contributed by atoms with Crippen LogP contribution in [-0.2, 0) is 12.3 Å². The second-order valence-electron chi connectivity index (χ2n) is 3.66. The fourth-order valence-electron chi connectivity index (χ4n) is 1.46. The van der Waals surface area contributed by atoms with Crippen molar-refractivity contribution in [2.24, 2.45) is 5.73 Å². The van der Waals surface area contributed by atoms with Crippen molar-refractivity contribution < 1.29 is 4.39 Å². The van der Waals surface area contributed by atoms with Gasteiger partial charge in [0.15, 0.2) is 0 Å². The first-order valence-corrected chi connectivity index (χ1v) is 7.08. The Bertz CT molecular complexity index is 511. The third-order valence-electron chi connectivity index (χ3n) is 2.34. The summed E-state index contributed by atoms with van der Waals surface area (Å²) in [7, 11) is 0. The fraction of sp³-hybridized carbons (Fsp3) is 0.250. The van der Waals surface area contributed by atoms with E-state index in [-0.39, 0.29) is 5.82 Å². The lowest BCUT2D eigenvalue weighted by atomic mass is 10.1. The van der Waals surface area contributed by atoms with Crippen LogP contribution in [0.4, 0.5) is 4.39 Å². The van der Waals surface area contributed by atoms with Gasteiger partial charge >= 0.3 is 0 Å². The standard InChI is InChI=1S/C12H13FN2S2/c1-8-6-16-12(15-8)17-7-9-2-3-11(13)4-10(9)5-14/h2-4,6H,5,7,14H2,1H3. The van der Waals surface area contributed by atoms with Gasteiger partial charge in [-0.2, -0.15) is 0 Å². The summed E-state index contributed by atoms with van der Waals surface area (Å²) in [4.78, 5) is 4.37. The highest BCUT2D eigenvalue weighted by Gasteiger charge is 2.05. The number of nitrogens with zero attached hydrogens (tertiary/aromatic N) is 1. The van der Waals surface area contributed by atoms with E-state index in [1.807, 2.05) is 12.3 Å². The lowest BCUT2D eigenvalue weighted by Crippen LogP contribution is -2.01. The Labute approximate surface area is 108 Å². The maximum absolute atomic E-state index is 13.0. The number of nitrogens with two attached hydrogens (primary N) is 1. The average molecular weight is 268 g/mol. The molecule has 5 heteroatoms. The minimum absolute atomic E-state index is 0.232. The Morgan fingerprint density at radius 2 is 2.24 bits per heavy atom. The first kappa shape index (κ1) is 12.5. The summed E-state index contributed by atoms with van der Waals surface area (Å²) in [5, 5.41) is 2.02.